The van der Waals surface area contributed by atoms with E-state index < -0.39 is 0 Å². The monoisotopic (exact) mass is 419 g/mol. The SMILES string of the molecule is CC(C)(C)C1OCCCC1CNC(=O)c1cc(F)ccc1I. The normalized spacial score (nSPS) is 22.4. The molecule has 1 aliphatic heterocycles. The first-order valence-electron chi connectivity index (χ1n) is 7.64. The second-order valence-electron chi connectivity index (χ2n) is 6.89. The molecule has 0 radical (unpaired) electrons. The predicted molar refractivity (Wildman–Crippen MR) is 93.4 cm³/mol. The van der Waals surface area contributed by atoms with E-state index in [4.69, 9.17) is 4.74 Å². The van der Waals surface area contributed by atoms with Gasteiger partial charge in [0, 0.05) is 22.6 Å². The van der Waals surface area contributed by atoms with Gasteiger partial charge in [0.15, 0.2) is 0 Å². The topological polar surface area (TPSA) is 38.3 Å². The van der Waals surface area contributed by atoms with Crippen molar-refractivity contribution in [2.24, 2.45) is 11.3 Å². The maximum Gasteiger partial charge on any atom is 0.252 e. The van der Waals surface area contributed by atoms with Gasteiger partial charge in [0.05, 0.1) is 11.7 Å². The van der Waals surface area contributed by atoms with E-state index in [9.17, 15) is 9.18 Å². The third-order valence-electron chi connectivity index (χ3n) is 4.00. The molecule has 1 aromatic rings. The van der Waals surface area contributed by atoms with Crippen molar-refractivity contribution in [2.45, 2.75) is 39.7 Å². The average Bonchev–Trinajstić information content (AvgIpc) is 2.46. The van der Waals surface area contributed by atoms with E-state index >= 15 is 0 Å². The van der Waals surface area contributed by atoms with Crippen LogP contribution in [0.25, 0.3) is 0 Å². The van der Waals surface area contributed by atoms with Crippen molar-refractivity contribution in [3.05, 3.63) is 33.1 Å². The molecular weight excluding hydrogens is 396 g/mol. The lowest BCUT2D eigenvalue weighted by Crippen LogP contribution is -2.45. The summed E-state index contributed by atoms with van der Waals surface area (Å²) in [7, 11) is 0. The van der Waals surface area contributed by atoms with Gasteiger partial charge in [0.25, 0.3) is 5.91 Å². The summed E-state index contributed by atoms with van der Waals surface area (Å²) >= 11 is 2.05. The van der Waals surface area contributed by atoms with Gasteiger partial charge in [0.1, 0.15) is 5.82 Å². The number of halogens is 2. The number of rotatable bonds is 3. The van der Waals surface area contributed by atoms with E-state index in [2.05, 4.69) is 48.7 Å². The van der Waals surface area contributed by atoms with E-state index in [1.807, 2.05) is 0 Å². The van der Waals surface area contributed by atoms with Gasteiger partial charge < -0.3 is 10.1 Å². The Bertz CT molecular complexity index is 542. The van der Waals surface area contributed by atoms with Crippen molar-refractivity contribution in [3.8, 4) is 0 Å². The zero-order valence-corrected chi connectivity index (χ0v) is 15.4. The van der Waals surface area contributed by atoms with Crippen molar-refractivity contribution in [2.75, 3.05) is 13.2 Å². The van der Waals surface area contributed by atoms with Crippen LogP contribution in [-0.4, -0.2) is 25.2 Å². The van der Waals surface area contributed by atoms with E-state index in [1.54, 1.807) is 6.07 Å². The molecule has 1 heterocycles. The summed E-state index contributed by atoms with van der Waals surface area (Å²) in [6, 6.07) is 4.27. The lowest BCUT2D eigenvalue weighted by atomic mass is 9.78. The summed E-state index contributed by atoms with van der Waals surface area (Å²) in [5, 5.41) is 2.95. The minimum atomic E-state index is -0.390. The van der Waals surface area contributed by atoms with Crippen LogP contribution in [0.4, 0.5) is 4.39 Å². The molecule has 0 aromatic heterocycles. The highest BCUT2D eigenvalue weighted by Gasteiger charge is 2.35. The van der Waals surface area contributed by atoms with Crippen LogP contribution in [0.15, 0.2) is 18.2 Å². The number of hydrogen-bond donors (Lipinski definition) is 1. The summed E-state index contributed by atoms with van der Waals surface area (Å²) in [6.45, 7) is 7.83. The van der Waals surface area contributed by atoms with Crippen molar-refractivity contribution in [3.63, 3.8) is 0 Å². The van der Waals surface area contributed by atoms with Gasteiger partial charge in [-0.3, -0.25) is 4.79 Å². The molecule has 0 spiro atoms. The summed E-state index contributed by atoms with van der Waals surface area (Å²) in [6.07, 6.45) is 2.20. The van der Waals surface area contributed by atoms with Crippen LogP contribution in [0, 0.1) is 20.7 Å². The first-order chi connectivity index (χ1) is 10.3. The molecule has 22 heavy (non-hydrogen) atoms. The second kappa shape index (κ2) is 7.25. The van der Waals surface area contributed by atoms with Crippen molar-refractivity contribution in [1.29, 1.82) is 0 Å². The van der Waals surface area contributed by atoms with Crippen molar-refractivity contribution >= 4 is 28.5 Å². The molecule has 2 atom stereocenters. The number of hydrogen-bond acceptors (Lipinski definition) is 2. The zero-order valence-electron chi connectivity index (χ0n) is 13.3. The molecule has 2 unspecified atom stereocenters. The maximum atomic E-state index is 13.3. The minimum absolute atomic E-state index is 0.0447. The molecule has 0 bridgehead atoms. The Hall–Kier alpha value is -0.690. The van der Waals surface area contributed by atoms with Crippen LogP contribution in [0.1, 0.15) is 44.0 Å². The van der Waals surface area contributed by atoms with E-state index in [0.717, 1.165) is 23.0 Å². The molecule has 0 saturated carbocycles. The Morgan fingerprint density at radius 3 is 2.86 bits per heavy atom. The quantitative estimate of drug-likeness (QED) is 0.753. The van der Waals surface area contributed by atoms with Crippen LogP contribution in [0.5, 0.6) is 0 Å². The first-order valence-corrected chi connectivity index (χ1v) is 8.72. The molecular formula is C17H23FINO2. The smallest absolute Gasteiger partial charge is 0.252 e. The fourth-order valence-corrected chi connectivity index (χ4v) is 3.58. The Labute approximate surface area is 145 Å². The Balaban J connectivity index is 2.02. The highest BCUT2D eigenvalue weighted by molar-refractivity contribution is 14.1. The fraction of sp³-hybridized carbons (Fsp3) is 0.588. The third kappa shape index (κ3) is 4.41. The molecule has 1 amide bonds. The molecule has 5 heteroatoms. The molecule has 1 saturated heterocycles. The van der Waals surface area contributed by atoms with Gasteiger partial charge in [-0.2, -0.15) is 0 Å². The average molecular weight is 419 g/mol. The number of nitrogens with one attached hydrogen (secondary N) is 1. The molecule has 3 nitrogen and oxygen atoms in total. The molecule has 1 aromatic carbocycles. The summed E-state index contributed by atoms with van der Waals surface area (Å²) < 4.78 is 20.0. The predicted octanol–water partition coefficient (Wildman–Crippen LogP) is 4.00. The number of benzene rings is 1. The minimum Gasteiger partial charge on any atom is -0.377 e. The number of carbonyl (C=O) groups is 1. The van der Waals surface area contributed by atoms with E-state index in [1.165, 1.54) is 12.1 Å². The lowest BCUT2D eigenvalue weighted by Gasteiger charge is -2.40. The van der Waals surface area contributed by atoms with E-state index in [0.29, 0.717) is 18.0 Å². The summed E-state index contributed by atoms with van der Waals surface area (Å²) in [4.78, 5) is 12.3. The molecule has 2 rings (SSSR count). The van der Waals surface area contributed by atoms with Crippen LogP contribution in [0.2, 0.25) is 0 Å². The van der Waals surface area contributed by atoms with Crippen LogP contribution < -0.4 is 5.32 Å². The van der Waals surface area contributed by atoms with Crippen LogP contribution in [-0.2, 0) is 4.74 Å². The van der Waals surface area contributed by atoms with Gasteiger partial charge in [-0.25, -0.2) is 4.39 Å². The second-order valence-corrected chi connectivity index (χ2v) is 8.06. The van der Waals surface area contributed by atoms with E-state index in [-0.39, 0.29) is 23.2 Å². The van der Waals surface area contributed by atoms with Gasteiger partial charge >= 0.3 is 0 Å². The number of carbonyl (C=O) groups excluding carboxylic acids is 1. The largest absolute Gasteiger partial charge is 0.377 e. The van der Waals surface area contributed by atoms with Crippen molar-refractivity contribution < 1.29 is 13.9 Å². The molecule has 1 aliphatic rings. The molecule has 122 valence electrons. The Kier molecular flexibility index (Phi) is 5.82. The summed E-state index contributed by atoms with van der Waals surface area (Å²) in [5.41, 5.74) is 0.438. The zero-order chi connectivity index (χ0) is 16.3. The fourth-order valence-electron chi connectivity index (χ4n) is 3.00. The highest BCUT2D eigenvalue weighted by Crippen LogP contribution is 2.33. The number of amides is 1. The molecule has 1 N–H and O–H groups in total. The Morgan fingerprint density at radius 2 is 2.18 bits per heavy atom. The maximum absolute atomic E-state index is 13.3. The van der Waals surface area contributed by atoms with Crippen LogP contribution in [0.3, 0.4) is 0 Å². The highest BCUT2D eigenvalue weighted by atomic mass is 127. The van der Waals surface area contributed by atoms with Gasteiger partial charge in [0.2, 0.25) is 0 Å². The third-order valence-corrected chi connectivity index (χ3v) is 4.94. The van der Waals surface area contributed by atoms with Crippen molar-refractivity contribution in [1.82, 2.24) is 5.32 Å². The summed E-state index contributed by atoms with van der Waals surface area (Å²) in [5.74, 6) is -0.315. The lowest BCUT2D eigenvalue weighted by molar-refractivity contribution is -0.0839. The standard InChI is InChI=1S/C17H23FINO2/c1-17(2,3)15-11(5-4-8-22-15)10-20-16(21)13-9-12(18)6-7-14(13)19/h6-7,9,11,15H,4-5,8,10H2,1-3H3,(H,20,21). The van der Waals surface area contributed by atoms with Crippen LogP contribution >= 0.6 is 22.6 Å². The van der Waals surface area contributed by atoms with Gasteiger partial charge in [-0.1, -0.05) is 20.8 Å². The number of ether oxygens (including phenoxy) is 1. The molecule has 0 aliphatic carbocycles. The Morgan fingerprint density at radius 1 is 1.45 bits per heavy atom. The van der Waals surface area contributed by atoms with Gasteiger partial charge in [-0.05, 0) is 59.0 Å². The first kappa shape index (κ1) is 17.7. The van der Waals surface area contributed by atoms with Gasteiger partial charge in [-0.15, -0.1) is 0 Å². The molecule has 1 fully saturated rings.